The van der Waals surface area contributed by atoms with E-state index in [9.17, 15) is 14.9 Å². The number of hydrogen-bond donors (Lipinski definition) is 0. The zero-order valence-corrected chi connectivity index (χ0v) is 24.3. The van der Waals surface area contributed by atoms with Crippen molar-refractivity contribution in [2.75, 3.05) is 45.4 Å². The van der Waals surface area contributed by atoms with Crippen LogP contribution in [0.1, 0.15) is 46.8 Å². The first-order valence-corrected chi connectivity index (χ1v) is 14.5. The lowest BCUT2D eigenvalue weighted by Gasteiger charge is -2.31. The summed E-state index contributed by atoms with van der Waals surface area (Å²) in [5, 5.41) is 18.6. The van der Waals surface area contributed by atoms with E-state index in [1.807, 2.05) is 53.4 Å². The average Bonchev–Trinajstić information content (AvgIpc) is 3.45. The monoisotopic (exact) mass is 582 g/mol. The van der Waals surface area contributed by atoms with Crippen molar-refractivity contribution in [3.05, 3.63) is 99.1 Å². The predicted molar refractivity (Wildman–Crippen MR) is 164 cm³/mol. The Kier molecular flexibility index (Phi) is 8.11. The molecule has 6 rings (SSSR count). The fraction of sp³-hybridized carbons (Fsp3) is 0.333. The molecule has 0 N–H and O–H groups in total. The largest absolute Gasteiger partial charge is 0.496 e. The van der Waals surface area contributed by atoms with Crippen LogP contribution in [0.5, 0.6) is 11.5 Å². The number of ether oxygens (including phenoxy) is 3. The molecule has 3 aromatic carbocycles. The minimum Gasteiger partial charge on any atom is -0.496 e. The number of rotatable bonds is 7. The molecule has 43 heavy (non-hydrogen) atoms. The first-order valence-electron chi connectivity index (χ1n) is 14.5. The molecule has 222 valence electrons. The van der Waals surface area contributed by atoms with Gasteiger partial charge in [-0.1, -0.05) is 36.4 Å². The maximum absolute atomic E-state index is 14.3. The Hall–Kier alpha value is -4.70. The van der Waals surface area contributed by atoms with E-state index in [4.69, 9.17) is 19.3 Å². The lowest BCUT2D eigenvalue weighted by atomic mass is 9.77. The summed E-state index contributed by atoms with van der Waals surface area (Å²) in [7, 11) is 3.26. The van der Waals surface area contributed by atoms with E-state index in [1.165, 1.54) is 11.1 Å². The van der Waals surface area contributed by atoms with Crippen molar-refractivity contribution in [3.8, 4) is 11.5 Å². The molecular formula is C33H34N4O6. The van der Waals surface area contributed by atoms with E-state index in [2.05, 4.69) is 6.08 Å². The average molecular weight is 583 g/mol. The fourth-order valence-corrected chi connectivity index (χ4v) is 6.37. The summed E-state index contributed by atoms with van der Waals surface area (Å²) in [5.74, 6) is 0.956. The Balaban J connectivity index is 1.43. The van der Waals surface area contributed by atoms with Crippen LogP contribution in [0.15, 0.2) is 77.4 Å². The smallest absolute Gasteiger partial charge is 0.293 e. The van der Waals surface area contributed by atoms with Crippen LogP contribution >= 0.6 is 0 Å². The maximum Gasteiger partial charge on any atom is 0.293 e. The van der Waals surface area contributed by atoms with Crippen molar-refractivity contribution in [1.82, 2.24) is 5.01 Å². The van der Waals surface area contributed by atoms with E-state index >= 15 is 0 Å². The zero-order valence-electron chi connectivity index (χ0n) is 24.3. The van der Waals surface area contributed by atoms with Gasteiger partial charge in [-0.05, 0) is 55.2 Å². The second-order valence-corrected chi connectivity index (χ2v) is 10.8. The Labute approximate surface area is 250 Å². The molecule has 10 heteroatoms. The molecule has 0 radical (unpaired) electrons. The number of nitro groups is 1. The van der Waals surface area contributed by atoms with Gasteiger partial charge in [0.05, 0.1) is 44.1 Å². The Morgan fingerprint density at radius 3 is 2.49 bits per heavy atom. The molecule has 3 aliphatic rings. The van der Waals surface area contributed by atoms with E-state index in [1.54, 1.807) is 26.4 Å². The molecule has 1 amide bonds. The van der Waals surface area contributed by atoms with Crippen LogP contribution in [0.25, 0.3) is 6.08 Å². The van der Waals surface area contributed by atoms with Gasteiger partial charge >= 0.3 is 0 Å². The first kappa shape index (κ1) is 28.4. The number of hydrogen-bond acceptors (Lipinski definition) is 8. The summed E-state index contributed by atoms with van der Waals surface area (Å²) < 4.78 is 16.7. The number of nitrogens with zero attached hydrogens (tertiary/aromatic N) is 4. The lowest BCUT2D eigenvalue weighted by Crippen LogP contribution is -2.36. The summed E-state index contributed by atoms with van der Waals surface area (Å²) in [6, 6.07) is 19.7. The molecule has 2 atom stereocenters. The molecule has 2 aliphatic heterocycles. The Morgan fingerprint density at radius 1 is 1.02 bits per heavy atom. The van der Waals surface area contributed by atoms with Gasteiger partial charge in [0.25, 0.3) is 11.6 Å². The van der Waals surface area contributed by atoms with Crippen LogP contribution < -0.4 is 14.4 Å². The van der Waals surface area contributed by atoms with E-state index in [0.29, 0.717) is 37.7 Å². The summed E-state index contributed by atoms with van der Waals surface area (Å²) in [5.41, 5.74) is 4.26. The number of carbonyl (C=O) groups is 1. The third-order valence-electron chi connectivity index (χ3n) is 8.41. The van der Waals surface area contributed by atoms with Crippen LogP contribution in [0.4, 0.5) is 11.4 Å². The summed E-state index contributed by atoms with van der Waals surface area (Å²) in [4.78, 5) is 27.9. The van der Waals surface area contributed by atoms with Crippen molar-refractivity contribution >= 4 is 29.1 Å². The quantitative estimate of drug-likeness (QED) is 0.253. The number of methoxy groups -OCH3 is 2. The van der Waals surface area contributed by atoms with Crippen LogP contribution in [0, 0.1) is 16.0 Å². The number of para-hydroxylation sites is 2. The van der Waals surface area contributed by atoms with Crippen LogP contribution in [-0.4, -0.2) is 62.1 Å². The number of carbonyl (C=O) groups excluding carboxylic acids is 1. The summed E-state index contributed by atoms with van der Waals surface area (Å²) in [6.45, 7) is 2.09. The highest BCUT2D eigenvalue weighted by atomic mass is 16.6. The molecule has 2 heterocycles. The van der Waals surface area contributed by atoms with Gasteiger partial charge < -0.3 is 19.1 Å². The third kappa shape index (κ3) is 5.46. The van der Waals surface area contributed by atoms with Crippen molar-refractivity contribution in [2.24, 2.45) is 11.0 Å². The summed E-state index contributed by atoms with van der Waals surface area (Å²) >= 11 is 0. The number of benzene rings is 3. The van der Waals surface area contributed by atoms with Crippen LogP contribution in [0.3, 0.4) is 0 Å². The maximum atomic E-state index is 14.3. The van der Waals surface area contributed by atoms with Gasteiger partial charge in [-0.25, -0.2) is 5.01 Å². The summed E-state index contributed by atoms with van der Waals surface area (Å²) in [6.07, 6.45) is 4.68. The number of amides is 1. The molecule has 2 unspecified atom stereocenters. The first-order chi connectivity index (χ1) is 21.0. The Morgan fingerprint density at radius 2 is 1.74 bits per heavy atom. The molecule has 0 spiro atoms. The van der Waals surface area contributed by atoms with Gasteiger partial charge in [0.15, 0.2) is 0 Å². The van der Waals surface area contributed by atoms with Gasteiger partial charge in [-0.3, -0.25) is 14.9 Å². The second-order valence-electron chi connectivity index (χ2n) is 10.8. The molecular weight excluding hydrogens is 548 g/mol. The lowest BCUT2D eigenvalue weighted by molar-refractivity contribution is -0.384. The predicted octanol–water partition coefficient (Wildman–Crippen LogP) is 5.89. The molecule has 3 aromatic rings. The molecule has 2 fully saturated rings. The van der Waals surface area contributed by atoms with Crippen molar-refractivity contribution in [2.45, 2.75) is 25.3 Å². The number of allylic oxidation sites excluding steroid dienone is 1. The highest BCUT2D eigenvalue weighted by Gasteiger charge is 2.45. The van der Waals surface area contributed by atoms with Crippen molar-refractivity contribution < 1.29 is 23.9 Å². The van der Waals surface area contributed by atoms with E-state index < -0.39 is 16.9 Å². The number of hydrazone groups is 1. The number of fused-ring (bicyclic) bond motifs is 1. The van der Waals surface area contributed by atoms with Crippen LogP contribution in [-0.2, 0) is 4.74 Å². The Bertz CT molecular complexity index is 1600. The van der Waals surface area contributed by atoms with Gasteiger partial charge in [-0.2, -0.15) is 5.10 Å². The molecule has 1 saturated carbocycles. The molecule has 1 aliphatic carbocycles. The topological polar surface area (TPSA) is 107 Å². The molecule has 10 nitrogen and oxygen atoms in total. The second kappa shape index (κ2) is 12.3. The standard InChI is InChI=1S/C33H34N4O6/c1-41-29-12-5-3-8-22(29)20-23-9-7-11-26-31(23)34-36(32(26)25-10-4-6-13-30(25)42-2)33(38)24-14-15-27(28(21-24)37(39)40)35-16-18-43-19-17-35/h3-6,8,10,12-15,20-21,26,32H,7,9,11,16-19H2,1-2H3. The van der Waals surface area contributed by atoms with E-state index in [-0.39, 0.29) is 17.2 Å². The normalized spacial score (nSPS) is 20.9. The molecule has 0 bridgehead atoms. The van der Waals surface area contributed by atoms with Gasteiger partial charge in [0.2, 0.25) is 0 Å². The SMILES string of the molecule is COc1ccccc1C=C1CCCC2C1=NN(C(=O)c1ccc(N3CCOCC3)c([N+](=O)[O-])c1)C2c1ccccc1OC. The van der Waals surface area contributed by atoms with Gasteiger partial charge in [-0.15, -0.1) is 0 Å². The number of anilines is 1. The van der Waals surface area contributed by atoms with Gasteiger partial charge in [0.1, 0.15) is 17.2 Å². The van der Waals surface area contributed by atoms with E-state index in [0.717, 1.165) is 47.4 Å². The number of nitro benzene ring substituents is 1. The van der Waals surface area contributed by atoms with Crippen LogP contribution in [0.2, 0.25) is 0 Å². The van der Waals surface area contributed by atoms with Crippen molar-refractivity contribution in [1.29, 1.82) is 0 Å². The number of morpholine rings is 1. The highest BCUT2D eigenvalue weighted by Crippen LogP contribution is 2.47. The minimum atomic E-state index is -0.432. The third-order valence-corrected chi connectivity index (χ3v) is 8.41. The minimum absolute atomic E-state index is 0.0717. The fourth-order valence-electron chi connectivity index (χ4n) is 6.37. The molecule has 1 saturated heterocycles. The molecule has 0 aromatic heterocycles. The van der Waals surface area contributed by atoms with Gasteiger partial charge in [0, 0.05) is 41.8 Å². The van der Waals surface area contributed by atoms with Crippen molar-refractivity contribution in [3.63, 3.8) is 0 Å². The zero-order chi connectivity index (χ0) is 29.9. The highest BCUT2D eigenvalue weighted by molar-refractivity contribution is 6.09.